The van der Waals surface area contributed by atoms with Gasteiger partial charge in [0, 0.05) is 37.3 Å². The van der Waals surface area contributed by atoms with E-state index in [1.54, 1.807) is 14.2 Å². The minimum atomic E-state index is 0. The van der Waals surface area contributed by atoms with Gasteiger partial charge in [-0.15, -0.1) is 24.0 Å². The van der Waals surface area contributed by atoms with Crippen LogP contribution < -0.4 is 20.1 Å². The van der Waals surface area contributed by atoms with Crippen molar-refractivity contribution in [3.8, 4) is 11.5 Å². The van der Waals surface area contributed by atoms with E-state index < -0.39 is 0 Å². The Morgan fingerprint density at radius 3 is 2.70 bits per heavy atom. The highest BCUT2D eigenvalue weighted by atomic mass is 127. The van der Waals surface area contributed by atoms with E-state index in [0.717, 1.165) is 42.7 Å². The molecule has 0 aromatic heterocycles. The molecule has 1 aliphatic heterocycles. The first-order valence-corrected chi connectivity index (χ1v) is 9.65. The standard InChI is InChI=1S/C20H34N4O2.HI/c1-5-21-20(22-11-13-24-12-7-6-8-16(24)2)23-15-17-9-10-18(25-3)14-19(17)26-4;/h9-10,14,16H,5-8,11-13,15H2,1-4H3,(H2,21,22,23);1H. The first-order chi connectivity index (χ1) is 12.7. The van der Waals surface area contributed by atoms with Gasteiger partial charge in [0.05, 0.1) is 20.8 Å². The summed E-state index contributed by atoms with van der Waals surface area (Å²) in [5.74, 6) is 2.43. The van der Waals surface area contributed by atoms with Gasteiger partial charge in [0.15, 0.2) is 5.96 Å². The summed E-state index contributed by atoms with van der Waals surface area (Å²) >= 11 is 0. The topological polar surface area (TPSA) is 58.1 Å². The summed E-state index contributed by atoms with van der Waals surface area (Å²) in [5.41, 5.74) is 1.04. The highest BCUT2D eigenvalue weighted by Gasteiger charge is 2.17. The molecule has 0 radical (unpaired) electrons. The minimum absolute atomic E-state index is 0. The third-order valence-corrected chi connectivity index (χ3v) is 4.88. The fourth-order valence-electron chi connectivity index (χ4n) is 3.30. The van der Waals surface area contributed by atoms with Crippen LogP contribution in [0.4, 0.5) is 0 Å². The summed E-state index contributed by atoms with van der Waals surface area (Å²) in [4.78, 5) is 7.27. The largest absolute Gasteiger partial charge is 0.497 e. The first kappa shape index (κ1) is 23.8. The van der Waals surface area contributed by atoms with Gasteiger partial charge >= 0.3 is 0 Å². The minimum Gasteiger partial charge on any atom is -0.497 e. The number of methoxy groups -OCH3 is 2. The average molecular weight is 490 g/mol. The lowest BCUT2D eigenvalue weighted by molar-refractivity contribution is 0.163. The van der Waals surface area contributed by atoms with Crippen LogP contribution in [0.25, 0.3) is 0 Å². The van der Waals surface area contributed by atoms with Crippen molar-refractivity contribution in [2.75, 3.05) is 40.4 Å². The predicted octanol–water partition coefficient (Wildman–Crippen LogP) is 3.25. The number of rotatable bonds is 8. The van der Waals surface area contributed by atoms with Crippen LogP contribution in [0.2, 0.25) is 0 Å². The van der Waals surface area contributed by atoms with Crippen LogP contribution in [0.15, 0.2) is 23.2 Å². The lowest BCUT2D eigenvalue weighted by Crippen LogP contribution is -2.45. The number of benzene rings is 1. The molecule has 1 atom stereocenters. The molecule has 1 fully saturated rings. The molecule has 1 saturated heterocycles. The summed E-state index contributed by atoms with van der Waals surface area (Å²) in [7, 11) is 3.33. The van der Waals surface area contributed by atoms with Gasteiger partial charge in [0.2, 0.25) is 0 Å². The van der Waals surface area contributed by atoms with E-state index in [9.17, 15) is 0 Å². The highest BCUT2D eigenvalue weighted by Crippen LogP contribution is 2.25. The van der Waals surface area contributed by atoms with Crippen molar-refractivity contribution >= 4 is 29.9 Å². The smallest absolute Gasteiger partial charge is 0.191 e. The van der Waals surface area contributed by atoms with E-state index in [2.05, 4.69) is 29.4 Å². The average Bonchev–Trinajstić information content (AvgIpc) is 2.67. The molecule has 0 amide bonds. The van der Waals surface area contributed by atoms with Crippen LogP contribution in [-0.2, 0) is 6.54 Å². The van der Waals surface area contributed by atoms with Crippen molar-refractivity contribution in [3.63, 3.8) is 0 Å². The van der Waals surface area contributed by atoms with Crippen LogP contribution >= 0.6 is 24.0 Å². The Balaban J connectivity index is 0.00000364. The molecule has 0 bridgehead atoms. The summed E-state index contributed by atoms with van der Waals surface area (Å²) in [6.07, 6.45) is 3.99. The molecule has 0 saturated carbocycles. The van der Waals surface area contributed by atoms with Crippen LogP contribution in [-0.4, -0.2) is 57.3 Å². The van der Waals surface area contributed by atoms with Gasteiger partial charge < -0.3 is 20.1 Å². The molecule has 7 heteroatoms. The Bertz CT molecular complexity index is 583. The number of hydrogen-bond acceptors (Lipinski definition) is 4. The molecule has 2 N–H and O–H groups in total. The Morgan fingerprint density at radius 1 is 1.22 bits per heavy atom. The SMILES string of the molecule is CCNC(=NCc1ccc(OC)cc1OC)NCCN1CCCCC1C.I. The predicted molar refractivity (Wildman–Crippen MR) is 123 cm³/mol. The zero-order valence-electron chi connectivity index (χ0n) is 17.1. The number of ether oxygens (including phenoxy) is 2. The summed E-state index contributed by atoms with van der Waals surface area (Å²) in [5, 5.41) is 6.77. The van der Waals surface area contributed by atoms with Crippen LogP contribution in [0, 0.1) is 0 Å². The number of aliphatic imine (C=N–C) groups is 1. The fraction of sp³-hybridized carbons (Fsp3) is 0.650. The maximum absolute atomic E-state index is 5.46. The molecule has 0 aliphatic carbocycles. The van der Waals surface area contributed by atoms with Gasteiger partial charge in [-0.3, -0.25) is 4.90 Å². The number of hydrogen-bond donors (Lipinski definition) is 2. The summed E-state index contributed by atoms with van der Waals surface area (Å²) < 4.78 is 10.7. The number of nitrogens with one attached hydrogen (secondary N) is 2. The zero-order chi connectivity index (χ0) is 18.8. The van der Waals surface area contributed by atoms with Crippen molar-refractivity contribution in [2.45, 2.75) is 45.7 Å². The third-order valence-electron chi connectivity index (χ3n) is 4.88. The molecule has 1 aromatic carbocycles. The molecule has 2 rings (SSSR count). The number of guanidine groups is 1. The summed E-state index contributed by atoms with van der Waals surface area (Å²) in [6.45, 7) is 8.97. The molecule has 0 spiro atoms. The number of likely N-dealkylation sites (tertiary alicyclic amines) is 1. The lowest BCUT2D eigenvalue weighted by atomic mass is 10.0. The normalized spacial score (nSPS) is 17.8. The maximum Gasteiger partial charge on any atom is 0.191 e. The third kappa shape index (κ3) is 7.73. The van der Waals surface area contributed by atoms with Crippen LogP contribution in [0.3, 0.4) is 0 Å². The Kier molecular flexibility index (Phi) is 11.5. The quantitative estimate of drug-likeness (QED) is 0.333. The molecule has 27 heavy (non-hydrogen) atoms. The maximum atomic E-state index is 5.46. The highest BCUT2D eigenvalue weighted by molar-refractivity contribution is 14.0. The van der Waals surface area contributed by atoms with Gasteiger partial charge in [-0.25, -0.2) is 4.99 Å². The van der Waals surface area contributed by atoms with Gasteiger partial charge in [0.25, 0.3) is 0 Å². The number of piperidine rings is 1. The van der Waals surface area contributed by atoms with E-state index in [1.165, 1.54) is 25.8 Å². The molecular formula is C20H35IN4O2. The molecular weight excluding hydrogens is 455 g/mol. The second kappa shape index (κ2) is 13.0. The number of halogens is 1. The molecule has 154 valence electrons. The van der Waals surface area contributed by atoms with Gasteiger partial charge in [-0.2, -0.15) is 0 Å². The van der Waals surface area contributed by atoms with Crippen LogP contribution in [0.5, 0.6) is 11.5 Å². The Labute approximate surface area is 181 Å². The van der Waals surface area contributed by atoms with E-state index in [-0.39, 0.29) is 24.0 Å². The number of nitrogens with zero attached hydrogens (tertiary/aromatic N) is 2. The van der Waals surface area contributed by atoms with Gasteiger partial charge in [-0.05, 0) is 45.4 Å². The van der Waals surface area contributed by atoms with Gasteiger partial charge in [-0.1, -0.05) is 6.42 Å². The zero-order valence-corrected chi connectivity index (χ0v) is 19.4. The summed E-state index contributed by atoms with van der Waals surface area (Å²) in [6, 6.07) is 6.52. The molecule has 1 aromatic rings. The second-order valence-electron chi connectivity index (χ2n) is 6.68. The molecule has 1 aliphatic rings. The van der Waals surface area contributed by atoms with E-state index in [4.69, 9.17) is 14.5 Å². The van der Waals surface area contributed by atoms with Crippen LogP contribution in [0.1, 0.15) is 38.7 Å². The molecule has 6 nitrogen and oxygen atoms in total. The van der Waals surface area contributed by atoms with Crippen molar-refractivity contribution in [1.29, 1.82) is 0 Å². The van der Waals surface area contributed by atoms with Crippen molar-refractivity contribution < 1.29 is 9.47 Å². The van der Waals surface area contributed by atoms with E-state index in [0.29, 0.717) is 12.6 Å². The van der Waals surface area contributed by atoms with E-state index in [1.807, 2.05) is 18.2 Å². The Morgan fingerprint density at radius 2 is 2.04 bits per heavy atom. The first-order valence-electron chi connectivity index (χ1n) is 9.65. The van der Waals surface area contributed by atoms with E-state index >= 15 is 0 Å². The van der Waals surface area contributed by atoms with Crippen molar-refractivity contribution in [1.82, 2.24) is 15.5 Å². The van der Waals surface area contributed by atoms with Crippen molar-refractivity contribution in [3.05, 3.63) is 23.8 Å². The Hall–Kier alpha value is -1.22. The second-order valence-corrected chi connectivity index (χ2v) is 6.68. The lowest BCUT2D eigenvalue weighted by Gasteiger charge is -2.33. The molecule has 1 heterocycles. The van der Waals surface area contributed by atoms with Crippen molar-refractivity contribution in [2.24, 2.45) is 4.99 Å². The fourth-order valence-corrected chi connectivity index (χ4v) is 3.30. The molecule has 1 unspecified atom stereocenters. The van der Waals surface area contributed by atoms with Gasteiger partial charge in [0.1, 0.15) is 11.5 Å². The monoisotopic (exact) mass is 490 g/mol.